The maximum Gasteiger partial charge on any atom is 0.164 e. The Morgan fingerprint density at radius 2 is 2.15 bits per heavy atom. The average molecular weight is 241 g/mol. The van der Waals surface area contributed by atoms with E-state index in [2.05, 4.69) is 15.9 Å². The molecule has 68 valence electrons. The van der Waals surface area contributed by atoms with Crippen LogP contribution in [0.1, 0.15) is 22.3 Å². The van der Waals surface area contributed by atoms with Gasteiger partial charge >= 0.3 is 0 Å². The fraction of sp³-hybridized carbons (Fsp3) is 0.300. The number of hydrogen-bond donors (Lipinski definition) is 0. The Labute approximate surface area is 85.0 Å². The van der Waals surface area contributed by atoms with E-state index >= 15 is 0 Å². The first-order valence-electron chi connectivity index (χ1n) is 4.12. The Hall–Kier alpha value is -0.830. The highest BCUT2D eigenvalue weighted by atomic mass is 79.9. The zero-order valence-corrected chi connectivity index (χ0v) is 8.85. The summed E-state index contributed by atoms with van der Waals surface area (Å²) in [5.74, 6) is 1.03. The minimum absolute atomic E-state index is 0.209. The van der Waals surface area contributed by atoms with E-state index < -0.39 is 0 Å². The molecule has 0 bridgehead atoms. The molecule has 0 aromatic heterocycles. The summed E-state index contributed by atoms with van der Waals surface area (Å²) in [7, 11) is 1.63. The highest BCUT2D eigenvalue weighted by Gasteiger charge is 2.25. The second-order valence-corrected chi connectivity index (χ2v) is 3.88. The van der Waals surface area contributed by atoms with Crippen molar-refractivity contribution < 1.29 is 9.53 Å². The molecule has 0 saturated carbocycles. The number of Topliss-reactive ketones (excluding diaryl/α,β-unsaturated/α-hetero) is 1. The second kappa shape index (κ2) is 3.14. The maximum atomic E-state index is 11.5. The fourth-order valence-electron chi connectivity index (χ4n) is 1.70. The van der Waals surface area contributed by atoms with E-state index in [1.165, 1.54) is 0 Å². The number of carbonyl (C=O) groups is 1. The van der Waals surface area contributed by atoms with E-state index in [0.29, 0.717) is 6.42 Å². The Morgan fingerprint density at radius 3 is 2.85 bits per heavy atom. The summed E-state index contributed by atoms with van der Waals surface area (Å²) in [6.45, 7) is 0. The van der Waals surface area contributed by atoms with Crippen LogP contribution in [0.2, 0.25) is 0 Å². The number of ketones is 1. The highest BCUT2D eigenvalue weighted by molar-refractivity contribution is 9.10. The van der Waals surface area contributed by atoms with Crippen LogP contribution in [-0.2, 0) is 6.42 Å². The van der Waals surface area contributed by atoms with Gasteiger partial charge in [-0.2, -0.15) is 0 Å². The fourth-order valence-corrected chi connectivity index (χ4v) is 2.30. The summed E-state index contributed by atoms with van der Waals surface area (Å²) in [6.07, 6.45) is 1.41. The van der Waals surface area contributed by atoms with Crippen LogP contribution in [0.15, 0.2) is 16.6 Å². The van der Waals surface area contributed by atoms with Gasteiger partial charge in [-0.25, -0.2) is 0 Å². The van der Waals surface area contributed by atoms with Crippen LogP contribution in [0.3, 0.4) is 0 Å². The van der Waals surface area contributed by atoms with Gasteiger partial charge in [-0.05, 0) is 18.6 Å². The van der Waals surface area contributed by atoms with Gasteiger partial charge in [-0.1, -0.05) is 15.9 Å². The monoisotopic (exact) mass is 240 g/mol. The largest absolute Gasteiger partial charge is 0.496 e. The molecule has 0 aliphatic heterocycles. The summed E-state index contributed by atoms with van der Waals surface area (Å²) >= 11 is 3.37. The number of rotatable bonds is 1. The Morgan fingerprint density at radius 1 is 1.38 bits per heavy atom. The molecule has 2 rings (SSSR count). The molecule has 3 heteroatoms. The van der Waals surface area contributed by atoms with Gasteiger partial charge in [0.1, 0.15) is 5.75 Å². The van der Waals surface area contributed by atoms with Crippen LogP contribution in [0.25, 0.3) is 0 Å². The third kappa shape index (κ3) is 1.27. The lowest BCUT2D eigenvalue weighted by molar-refractivity contribution is 0.0994. The summed E-state index contributed by atoms with van der Waals surface area (Å²) in [4.78, 5) is 11.5. The van der Waals surface area contributed by atoms with E-state index in [0.717, 1.165) is 27.8 Å². The molecule has 0 saturated heterocycles. The molecule has 0 atom stereocenters. The first kappa shape index (κ1) is 8.75. The first-order chi connectivity index (χ1) is 6.24. The number of carbonyl (C=O) groups excluding carboxylic acids is 1. The first-order valence-corrected chi connectivity index (χ1v) is 4.92. The molecule has 0 spiro atoms. The topological polar surface area (TPSA) is 26.3 Å². The quantitative estimate of drug-likeness (QED) is 0.755. The lowest BCUT2D eigenvalue weighted by Gasteiger charge is -2.06. The summed E-state index contributed by atoms with van der Waals surface area (Å²) in [6, 6.07) is 3.75. The normalized spacial score (nSPS) is 14.5. The van der Waals surface area contributed by atoms with Gasteiger partial charge in [0.15, 0.2) is 5.78 Å². The van der Waals surface area contributed by atoms with E-state index in [1.54, 1.807) is 7.11 Å². The van der Waals surface area contributed by atoms with Crippen LogP contribution in [0.5, 0.6) is 5.75 Å². The molecule has 0 amide bonds. The Balaban J connectivity index is 2.65. The van der Waals surface area contributed by atoms with Crippen LogP contribution in [0, 0.1) is 0 Å². The molecule has 1 aliphatic carbocycles. The van der Waals surface area contributed by atoms with Crippen molar-refractivity contribution in [2.24, 2.45) is 0 Å². The van der Waals surface area contributed by atoms with Crippen LogP contribution in [0.4, 0.5) is 0 Å². The SMILES string of the molecule is COc1ccc(Br)c2c1CCC2=O. The third-order valence-electron chi connectivity index (χ3n) is 2.32. The molecule has 13 heavy (non-hydrogen) atoms. The van der Waals surface area contributed by atoms with Gasteiger partial charge in [0.05, 0.1) is 7.11 Å². The minimum atomic E-state index is 0.209. The highest BCUT2D eigenvalue weighted by Crippen LogP contribution is 2.35. The van der Waals surface area contributed by atoms with Crippen molar-refractivity contribution in [2.75, 3.05) is 7.11 Å². The van der Waals surface area contributed by atoms with Crippen molar-refractivity contribution in [3.05, 3.63) is 27.7 Å². The molecule has 1 aromatic rings. The van der Waals surface area contributed by atoms with E-state index in [9.17, 15) is 4.79 Å². The van der Waals surface area contributed by atoms with E-state index in [1.807, 2.05) is 12.1 Å². The van der Waals surface area contributed by atoms with Crippen molar-refractivity contribution in [3.8, 4) is 5.75 Å². The lowest BCUT2D eigenvalue weighted by atomic mass is 10.1. The Kier molecular flexibility index (Phi) is 2.12. The zero-order chi connectivity index (χ0) is 9.42. The van der Waals surface area contributed by atoms with Gasteiger partial charge in [0.2, 0.25) is 0 Å². The number of ether oxygens (including phenoxy) is 1. The van der Waals surface area contributed by atoms with Crippen molar-refractivity contribution in [1.82, 2.24) is 0 Å². The second-order valence-electron chi connectivity index (χ2n) is 3.03. The van der Waals surface area contributed by atoms with Gasteiger partial charge < -0.3 is 4.74 Å². The molecule has 0 unspecified atom stereocenters. The number of halogens is 1. The van der Waals surface area contributed by atoms with E-state index in [-0.39, 0.29) is 5.78 Å². The summed E-state index contributed by atoms with van der Waals surface area (Å²) in [5, 5.41) is 0. The number of fused-ring (bicyclic) bond motifs is 1. The van der Waals surface area contributed by atoms with Gasteiger partial charge in [-0.15, -0.1) is 0 Å². The molecule has 1 aromatic carbocycles. The van der Waals surface area contributed by atoms with Gasteiger partial charge in [0.25, 0.3) is 0 Å². The summed E-state index contributed by atoms with van der Waals surface area (Å²) in [5.41, 5.74) is 1.85. The van der Waals surface area contributed by atoms with Crippen LogP contribution in [-0.4, -0.2) is 12.9 Å². The smallest absolute Gasteiger partial charge is 0.164 e. The molecule has 1 aliphatic rings. The Bertz CT molecular complexity index is 371. The molecular formula is C10H9BrO2. The summed E-state index contributed by atoms with van der Waals surface area (Å²) < 4.78 is 6.07. The molecule has 0 heterocycles. The number of benzene rings is 1. The van der Waals surface area contributed by atoms with Crippen molar-refractivity contribution in [3.63, 3.8) is 0 Å². The molecular weight excluding hydrogens is 232 g/mol. The minimum Gasteiger partial charge on any atom is -0.496 e. The standard InChI is InChI=1S/C10H9BrO2/c1-13-9-5-3-7(11)10-6(9)2-4-8(10)12/h3,5H,2,4H2,1H3. The third-order valence-corrected chi connectivity index (χ3v) is 2.98. The zero-order valence-electron chi connectivity index (χ0n) is 7.26. The van der Waals surface area contributed by atoms with Crippen molar-refractivity contribution >= 4 is 21.7 Å². The van der Waals surface area contributed by atoms with Crippen LogP contribution < -0.4 is 4.74 Å². The van der Waals surface area contributed by atoms with Crippen LogP contribution >= 0.6 is 15.9 Å². The molecule has 0 radical (unpaired) electrons. The van der Waals surface area contributed by atoms with Crippen molar-refractivity contribution in [2.45, 2.75) is 12.8 Å². The van der Waals surface area contributed by atoms with Gasteiger partial charge in [0, 0.05) is 22.0 Å². The number of hydrogen-bond acceptors (Lipinski definition) is 2. The molecule has 0 N–H and O–H groups in total. The predicted molar refractivity (Wildman–Crippen MR) is 53.3 cm³/mol. The van der Waals surface area contributed by atoms with E-state index in [4.69, 9.17) is 4.74 Å². The predicted octanol–water partition coefficient (Wildman–Crippen LogP) is 2.59. The maximum absolute atomic E-state index is 11.5. The van der Waals surface area contributed by atoms with Crippen molar-refractivity contribution in [1.29, 1.82) is 0 Å². The average Bonchev–Trinajstić information content (AvgIpc) is 2.50. The molecule has 2 nitrogen and oxygen atoms in total. The van der Waals surface area contributed by atoms with Gasteiger partial charge in [-0.3, -0.25) is 4.79 Å². The number of methoxy groups -OCH3 is 1. The lowest BCUT2D eigenvalue weighted by Crippen LogP contribution is -1.95. The molecule has 0 fully saturated rings.